The third-order valence-corrected chi connectivity index (χ3v) is 4.97. The summed E-state index contributed by atoms with van der Waals surface area (Å²) in [6.45, 7) is 5.02. The maximum absolute atomic E-state index is 13.9. The normalized spacial score (nSPS) is 12.1. The molecule has 0 aliphatic carbocycles. The van der Waals surface area contributed by atoms with E-state index >= 15 is 0 Å². The highest BCUT2D eigenvalue weighted by Gasteiger charge is 2.32. The summed E-state index contributed by atoms with van der Waals surface area (Å²) < 4.78 is 39.7. The number of halogens is 1. The van der Waals surface area contributed by atoms with Crippen LogP contribution in [0.3, 0.4) is 0 Å². The Labute approximate surface area is 116 Å². The van der Waals surface area contributed by atoms with Crippen molar-refractivity contribution >= 4 is 21.4 Å². The van der Waals surface area contributed by atoms with Gasteiger partial charge in [-0.3, -0.25) is 10.1 Å². The number of sulfonamides is 1. The second-order valence-corrected chi connectivity index (χ2v) is 6.23. The van der Waals surface area contributed by atoms with E-state index in [1.807, 2.05) is 0 Å². The van der Waals surface area contributed by atoms with Gasteiger partial charge >= 0.3 is 0 Å². The Morgan fingerprint density at radius 2 is 2.00 bits per heavy atom. The van der Waals surface area contributed by atoms with Crippen molar-refractivity contribution in [2.75, 3.05) is 12.3 Å². The zero-order valence-corrected chi connectivity index (χ0v) is 12.1. The molecular formula is C11H16FN3O4S. The summed E-state index contributed by atoms with van der Waals surface area (Å²) in [6.07, 6.45) is 0. The molecule has 0 atom stereocenters. The maximum atomic E-state index is 13.9. The van der Waals surface area contributed by atoms with Crippen LogP contribution in [0.2, 0.25) is 0 Å². The van der Waals surface area contributed by atoms with Crippen LogP contribution in [0.15, 0.2) is 17.0 Å². The molecule has 2 N–H and O–H groups in total. The quantitative estimate of drug-likeness (QED) is 0.506. The monoisotopic (exact) mass is 305 g/mol. The summed E-state index contributed by atoms with van der Waals surface area (Å²) in [4.78, 5) is 9.03. The van der Waals surface area contributed by atoms with Crippen LogP contribution in [0.1, 0.15) is 20.8 Å². The summed E-state index contributed by atoms with van der Waals surface area (Å²) in [5.74, 6) is -1.23. The molecule has 0 aliphatic rings. The molecule has 0 saturated carbocycles. The molecule has 20 heavy (non-hydrogen) atoms. The van der Waals surface area contributed by atoms with E-state index in [1.54, 1.807) is 20.8 Å². The summed E-state index contributed by atoms with van der Waals surface area (Å²) >= 11 is 0. The Kier molecular flexibility index (Phi) is 4.66. The second-order valence-electron chi connectivity index (χ2n) is 4.41. The summed E-state index contributed by atoms with van der Waals surface area (Å²) in [6, 6.07) is 1.00. The molecule has 1 aromatic rings. The summed E-state index contributed by atoms with van der Waals surface area (Å²) in [5.41, 5.74) is 4.42. The van der Waals surface area contributed by atoms with Crippen molar-refractivity contribution in [1.29, 1.82) is 0 Å². The number of benzene rings is 1. The smallest absolute Gasteiger partial charge is 0.274 e. The van der Waals surface area contributed by atoms with Gasteiger partial charge in [0.05, 0.1) is 16.7 Å². The van der Waals surface area contributed by atoms with Crippen LogP contribution < -0.4 is 5.73 Å². The van der Waals surface area contributed by atoms with Crippen LogP contribution in [-0.2, 0) is 10.0 Å². The fraction of sp³-hybridized carbons (Fsp3) is 0.455. The molecule has 1 aromatic carbocycles. The zero-order chi connectivity index (χ0) is 15.7. The third kappa shape index (κ3) is 2.88. The molecule has 0 radical (unpaired) electrons. The van der Waals surface area contributed by atoms with Crippen LogP contribution >= 0.6 is 0 Å². The molecule has 0 saturated heterocycles. The number of nitro groups is 1. The van der Waals surface area contributed by atoms with Gasteiger partial charge in [0, 0.05) is 18.7 Å². The van der Waals surface area contributed by atoms with Gasteiger partial charge in [0.25, 0.3) is 5.69 Å². The fourth-order valence-corrected chi connectivity index (χ4v) is 3.70. The standard InChI is InChI=1S/C11H16FN3O4S/c1-4-14(7(2)3)20(18,19)11-9(12)5-8(15(16)17)6-10(11)13/h5-7H,4,13H2,1-3H3. The van der Waals surface area contributed by atoms with E-state index in [9.17, 15) is 22.9 Å². The molecule has 0 amide bonds. The lowest BCUT2D eigenvalue weighted by molar-refractivity contribution is -0.385. The number of rotatable bonds is 5. The van der Waals surface area contributed by atoms with Crippen LogP contribution in [-0.4, -0.2) is 30.2 Å². The predicted molar refractivity (Wildman–Crippen MR) is 72.2 cm³/mol. The van der Waals surface area contributed by atoms with Crippen molar-refractivity contribution in [3.63, 3.8) is 0 Å². The van der Waals surface area contributed by atoms with E-state index in [1.165, 1.54) is 0 Å². The van der Waals surface area contributed by atoms with Gasteiger partial charge in [-0.1, -0.05) is 6.92 Å². The van der Waals surface area contributed by atoms with Gasteiger partial charge in [-0.2, -0.15) is 4.31 Å². The largest absolute Gasteiger partial charge is 0.397 e. The Morgan fingerprint density at radius 1 is 1.45 bits per heavy atom. The highest BCUT2D eigenvalue weighted by molar-refractivity contribution is 7.89. The van der Waals surface area contributed by atoms with Crippen molar-refractivity contribution in [2.24, 2.45) is 0 Å². The van der Waals surface area contributed by atoms with Crippen LogP contribution in [0.25, 0.3) is 0 Å². The van der Waals surface area contributed by atoms with E-state index < -0.39 is 37.0 Å². The van der Waals surface area contributed by atoms with E-state index in [0.29, 0.717) is 6.07 Å². The Hall–Kier alpha value is -1.74. The van der Waals surface area contributed by atoms with Gasteiger partial charge in [-0.05, 0) is 13.8 Å². The average molecular weight is 305 g/mol. The van der Waals surface area contributed by atoms with Gasteiger partial charge in [0.15, 0.2) is 5.82 Å². The molecule has 0 spiro atoms. The minimum Gasteiger partial charge on any atom is -0.397 e. The van der Waals surface area contributed by atoms with E-state index in [0.717, 1.165) is 10.4 Å². The van der Waals surface area contributed by atoms with Gasteiger partial charge < -0.3 is 5.73 Å². The van der Waals surface area contributed by atoms with Crippen molar-refractivity contribution in [3.05, 3.63) is 28.1 Å². The number of hydrogen-bond donors (Lipinski definition) is 1. The molecule has 0 heterocycles. The van der Waals surface area contributed by atoms with Crippen molar-refractivity contribution in [1.82, 2.24) is 4.31 Å². The lowest BCUT2D eigenvalue weighted by Gasteiger charge is -2.25. The van der Waals surface area contributed by atoms with Crippen LogP contribution in [0.4, 0.5) is 15.8 Å². The first-order chi connectivity index (χ1) is 9.12. The van der Waals surface area contributed by atoms with Gasteiger partial charge in [-0.25, -0.2) is 12.8 Å². The van der Waals surface area contributed by atoms with E-state index in [2.05, 4.69) is 0 Å². The number of anilines is 1. The molecular weight excluding hydrogens is 289 g/mol. The number of non-ortho nitro benzene ring substituents is 1. The van der Waals surface area contributed by atoms with Gasteiger partial charge in [0.1, 0.15) is 4.90 Å². The van der Waals surface area contributed by atoms with Crippen molar-refractivity contribution < 1.29 is 17.7 Å². The van der Waals surface area contributed by atoms with Gasteiger partial charge in [0.2, 0.25) is 10.0 Å². The third-order valence-electron chi connectivity index (χ3n) is 2.72. The predicted octanol–water partition coefficient (Wildman–Crippen LogP) is 1.74. The van der Waals surface area contributed by atoms with Gasteiger partial charge in [-0.15, -0.1) is 0 Å². The lowest BCUT2D eigenvalue weighted by atomic mass is 10.3. The zero-order valence-electron chi connectivity index (χ0n) is 11.3. The SMILES string of the molecule is CCN(C(C)C)S(=O)(=O)c1c(N)cc([N+](=O)[O-])cc1F. The molecule has 1 rings (SSSR count). The average Bonchev–Trinajstić information content (AvgIpc) is 2.26. The highest BCUT2D eigenvalue weighted by Crippen LogP contribution is 2.30. The van der Waals surface area contributed by atoms with Crippen molar-refractivity contribution in [2.45, 2.75) is 31.7 Å². The Balaban J connectivity index is 3.51. The molecule has 0 bridgehead atoms. The lowest BCUT2D eigenvalue weighted by Crippen LogP contribution is -2.37. The summed E-state index contributed by atoms with van der Waals surface area (Å²) in [5, 5.41) is 10.6. The number of nitrogens with two attached hydrogens (primary N) is 1. The second kappa shape index (κ2) is 5.71. The number of nitro benzene ring substituents is 1. The number of nitrogen functional groups attached to an aromatic ring is 1. The molecule has 0 unspecified atom stereocenters. The summed E-state index contributed by atoms with van der Waals surface area (Å²) in [7, 11) is -4.14. The minimum atomic E-state index is -4.14. The fourth-order valence-electron chi connectivity index (χ4n) is 1.91. The molecule has 0 aromatic heterocycles. The maximum Gasteiger partial charge on any atom is 0.274 e. The topological polar surface area (TPSA) is 107 Å². The molecule has 9 heteroatoms. The Morgan fingerprint density at radius 3 is 2.35 bits per heavy atom. The number of nitrogens with zero attached hydrogens (tertiary/aromatic N) is 2. The first-order valence-corrected chi connectivity index (χ1v) is 7.32. The molecule has 112 valence electrons. The first kappa shape index (κ1) is 16.3. The molecule has 0 fully saturated rings. The van der Waals surface area contributed by atoms with Crippen LogP contribution in [0, 0.1) is 15.9 Å². The Bertz CT molecular complexity index is 608. The van der Waals surface area contributed by atoms with E-state index in [4.69, 9.17) is 5.73 Å². The van der Waals surface area contributed by atoms with Crippen LogP contribution in [0.5, 0.6) is 0 Å². The van der Waals surface area contributed by atoms with Crippen molar-refractivity contribution in [3.8, 4) is 0 Å². The number of hydrogen-bond acceptors (Lipinski definition) is 5. The van der Waals surface area contributed by atoms with E-state index in [-0.39, 0.29) is 12.6 Å². The first-order valence-electron chi connectivity index (χ1n) is 5.88. The highest BCUT2D eigenvalue weighted by atomic mass is 32.2. The molecule has 7 nitrogen and oxygen atoms in total. The minimum absolute atomic E-state index is 0.135. The molecule has 0 aliphatic heterocycles.